The summed E-state index contributed by atoms with van der Waals surface area (Å²) >= 11 is 0. The van der Waals surface area contributed by atoms with Crippen LogP contribution in [0.5, 0.6) is 0 Å². The summed E-state index contributed by atoms with van der Waals surface area (Å²) in [5.41, 5.74) is -0.232. The highest BCUT2D eigenvalue weighted by Gasteiger charge is 2.56. The first kappa shape index (κ1) is 21.3. The maximum absolute atomic E-state index is 13.2. The monoisotopic (exact) mass is 458 g/mol. The molecule has 33 heavy (non-hydrogen) atoms. The van der Waals surface area contributed by atoms with Crippen molar-refractivity contribution in [3.8, 4) is 0 Å². The molecule has 2 saturated heterocycles. The molecule has 2 heterocycles. The minimum atomic E-state index is -4.61. The molecule has 7 nitrogen and oxygen atoms in total. The maximum atomic E-state index is 13.2. The Hall–Kier alpha value is -3.56. The van der Waals surface area contributed by atoms with Gasteiger partial charge in [0, 0.05) is 25.0 Å². The number of benzene rings is 2. The van der Waals surface area contributed by atoms with Crippen LogP contribution in [0.2, 0.25) is 0 Å². The Labute approximate surface area is 187 Å². The van der Waals surface area contributed by atoms with Gasteiger partial charge in [-0.25, -0.2) is 9.59 Å². The number of alkyl halides is 3. The first-order valence-electron chi connectivity index (χ1n) is 10.7. The van der Waals surface area contributed by atoms with Crippen molar-refractivity contribution in [3.63, 3.8) is 0 Å². The summed E-state index contributed by atoms with van der Waals surface area (Å²) in [6, 6.07) is 12.2. The molecule has 5 rings (SSSR count). The van der Waals surface area contributed by atoms with Gasteiger partial charge in [-0.1, -0.05) is 42.5 Å². The van der Waals surface area contributed by atoms with Gasteiger partial charge in [0.15, 0.2) is 0 Å². The number of hydrogen-bond acceptors (Lipinski definition) is 3. The van der Waals surface area contributed by atoms with E-state index in [1.54, 1.807) is 0 Å². The van der Waals surface area contributed by atoms with Gasteiger partial charge >= 0.3 is 18.2 Å². The highest BCUT2D eigenvalue weighted by molar-refractivity contribution is 6.05. The van der Waals surface area contributed by atoms with Gasteiger partial charge in [0.05, 0.1) is 17.8 Å². The molecular weight excluding hydrogens is 437 g/mol. The smallest absolute Gasteiger partial charge is 0.320 e. The van der Waals surface area contributed by atoms with E-state index in [2.05, 4.69) is 5.32 Å². The Balaban J connectivity index is 1.27. The lowest BCUT2D eigenvalue weighted by Crippen LogP contribution is -2.55. The Morgan fingerprint density at radius 1 is 0.970 bits per heavy atom. The zero-order valence-electron chi connectivity index (χ0n) is 17.5. The van der Waals surface area contributed by atoms with Crippen molar-refractivity contribution in [2.75, 3.05) is 25.0 Å². The summed E-state index contributed by atoms with van der Waals surface area (Å²) < 4.78 is 39.7. The summed E-state index contributed by atoms with van der Waals surface area (Å²) in [6.45, 7) is 0.197. The number of halogens is 3. The van der Waals surface area contributed by atoms with E-state index in [1.807, 2.05) is 30.3 Å². The molecule has 1 aliphatic carbocycles. The van der Waals surface area contributed by atoms with E-state index in [1.165, 1.54) is 32.9 Å². The van der Waals surface area contributed by atoms with E-state index in [9.17, 15) is 27.6 Å². The Bertz CT molecular complexity index is 1110. The number of hydrogen-bond donors (Lipinski definition) is 1. The summed E-state index contributed by atoms with van der Waals surface area (Å²) in [7, 11) is 0. The molecule has 2 aliphatic heterocycles. The number of para-hydroxylation sites is 1. The Morgan fingerprint density at radius 3 is 2.39 bits per heavy atom. The lowest BCUT2D eigenvalue weighted by atomic mass is 10.1. The van der Waals surface area contributed by atoms with Crippen molar-refractivity contribution in [3.05, 3.63) is 65.7 Å². The standard InChI is InChI=1S/C23H21F3N4O3/c24-23(25,26)16-8-4-5-9-17(16)27-21(32)28-10-11-29-19(13-28)20(31)30(22(29)33)18-12-15(18)14-6-2-1-3-7-14/h1-9,15,18-19H,10-13H2,(H,27,32). The quantitative estimate of drug-likeness (QED) is 0.713. The van der Waals surface area contributed by atoms with Gasteiger partial charge in [-0.3, -0.25) is 9.69 Å². The maximum Gasteiger partial charge on any atom is 0.418 e. The van der Waals surface area contributed by atoms with Crippen LogP contribution in [-0.2, 0) is 11.0 Å². The molecule has 1 N–H and O–H groups in total. The van der Waals surface area contributed by atoms with Crippen LogP contribution < -0.4 is 5.32 Å². The molecule has 0 radical (unpaired) electrons. The third-order valence-electron chi connectivity index (χ3n) is 6.43. The topological polar surface area (TPSA) is 73.0 Å². The van der Waals surface area contributed by atoms with E-state index in [0.717, 1.165) is 11.6 Å². The minimum absolute atomic E-state index is 0.0657. The van der Waals surface area contributed by atoms with Gasteiger partial charge in [0.2, 0.25) is 0 Å². The molecule has 3 fully saturated rings. The molecule has 1 saturated carbocycles. The predicted molar refractivity (Wildman–Crippen MR) is 112 cm³/mol. The highest BCUT2D eigenvalue weighted by atomic mass is 19.4. The molecule has 0 spiro atoms. The molecule has 3 aliphatic rings. The van der Waals surface area contributed by atoms with E-state index < -0.39 is 23.8 Å². The van der Waals surface area contributed by atoms with Crippen LogP contribution in [0.25, 0.3) is 0 Å². The van der Waals surface area contributed by atoms with Crippen molar-refractivity contribution < 1.29 is 27.6 Å². The zero-order valence-corrected chi connectivity index (χ0v) is 17.5. The molecule has 2 aromatic carbocycles. The molecule has 3 unspecified atom stereocenters. The van der Waals surface area contributed by atoms with Gasteiger partial charge in [-0.05, 0) is 24.1 Å². The van der Waals surface area contributed by atoms with Crippen LogP contribution in [0, 0.1) is 0 Å². The predicted octanol–water partition coefficient (Wildman–Crippen LogP) is 3.74. The fourth-order valence-corrected chi connectivity index (χ4v) is 4.67. The number of urea groups is 2. The summed E-state index contributed by atoms with van der Waals surface area (Å²) in [6.07, 6.45) is -3.92. The number of imide groups is 1. The number of anilines is 1. The van der Waals surface area contributed by atoms with Crippen LogP contribution in [0.3, 0.4) is 0 Å². The number of carbonyl (C=O) groups excluding carboxylic acids is 3. The summed E-state index contributed by atoms with van der Waals surface area (Å²) in [4.78, 5) is 42.7. The van der Waals surface area contributed by atoms with Crippen LogP contribution in [0.1, 0.15) is 23.5 Å². The second-order valence-electron chi connectivity index (χ2n) is 8.44. The van der Waals surface area contributed by atoms with Crippen molar-refractivity contribution >= 4 is 23.7 Å². The molecule has 172 valence electrons. The third kappa shape index (κ3) is 3.79. The van der Waals surface area contributed by atoms with Crippen molar-refractivity contribution in [1.29, 1.82) is 0 Å². The normalized spacial score (nSPS) is 24.7. The number of nitrogens with zero attached hydrogens (tertiary/aromatic N) is 3. The number of carbonyl (C=O) groups is 3. The Kier molecular flexibility index (Phi) is 5.02. The van der Waals surface area contributed by atoms with Gasteiger partial charge in [-0.15, -0.1) is 0 Å². The van der Waals surface area contributed by atoms with Crippen LogP contribution in [-0.4, -0.2) is 64.4 Å². The Morgan fingerprint density at radius 2 is 1.67 bits per heavy atom. The average Bonchev–Trinajstić information content (AvgIpc) is 3.54. The van der Waals surface area contributed by atoms with Gasteiger partial charge < -0.3 is 15.1 Å². The molecule has 0 aromatic heterocycles. The summed E-state index contributed by atoms with van der Waals surface area (Å²) in [5.74, 6) is -0.268. The number of amides is 5. The molecule has 5 amide bonds. The second kappa shape index (κ2) is 7.79. The van der Waals surface area contributed by atoms with E-state index in [0.29, 0.717) is 6.42 Å². The van der Waals surface area contributed by atoms with Crippen LogP contribution >= 0.6 is 0 Å². The van der Waals surface area contributed by atoms with Crippen molar-refractivity contribution in [1.82, 2.24) is 14.7 Å². The average molecular weight is 458 g/mol. The lowest BCUT2D eigenvalue weighted by molar-refractivity contribution is -0.137. The zero-order chi connectivity index (χ0) is 23.3. The fraction of sp³-hybridized carbons (Fsp3) is 0.348. The number of nitrogens with one attached hydrogen (secondary N) is 1. The van der Waals surface area contributed by atoms with Gasteiger partial charge in [0.25, 0.3) is 5.91 Å². The number of fused-ring (bicyclic) bond motifs is 1. The highest BCUT2D eigenvalue weighted by Crippen LogP contribution is 2.47. The van der Waals surface area contributed by atoms with Gasteiger partial charge in [0.1, 0.15) is 6.04 Å². The van der Waals surface area contributed by atoms with Crippen molar-refractivity contribution in [2.45, 2.75) is 30.6 Å². The number of rotatable bonds is 3. The van der Waals surface area contributed by atoms with Crippen LogP contribution in [0.15, 0.2) is 54.6 Å². The first-order valence-corrected chi connectivity index (χ1v) is 10.7. The lowest BCUT2D eigenvalue weighted by Gasteiger charge is -2.35. The largest absolute Gasteiger partial charge is 0.418 e. The van der Waals surface area contributed by atoms with E-state index >= 15 is 0 Å². The molecular formula is C23H21F3N4O3. The molecule has 3 atom stereocenters. The van der Waals surface area contributed by atoms with E-state index in [4.69, 9.17) is 0 Å². The molecule has 10 heteroatoms. The first-order chi connectivity index (χ1) is 15.8. The minimum Gasteiger partial charge on any atom is -0.320 e. The molecule has 0 bridgehead atoms. The fourth-order valence-electron chi connectivity index (χ4n) is 4.67. The molecule has 2 aromatic rings. The van der Waals surface area contributed by atoms with Crippen molar-refractivity contribution in [2.24, 2.45) is 0 Å². The number of piperazine rings is 1. The van der Waals surface area contributed by atoms with Crippen LogP contribution in [0.4, 0.5) is 28.4 Å². The SMILES string of the molecule is O=C(Nc1ccccc1C(F)(F)F)N1CCN2C(=O)N(C3CC3c3ccccc3)C(=O)C2C1. The van der Waals surface area contributed by atoms with E-state index in [-0.39, 0.29) is 49.2 Å². The second-order valence-corrected chi connectivity index (χ2v) is 8.44. The van der Waals surface area contributed by atoms with Gasteiger partial charge in [-0.2, -0.15) is 13.2 Å². The summed E-state index contributed by atoms with van der Waals surface area (Å²) in [5, 5.41) is 2.31. The third-order valence-corrected chi connectivity index (χ3v) is 6.43.